The van der Waals surface area contributed by atoms with Gasteiger partial charge in [0.15, 0.2) is 11.2 Å². The number of anilines is 1. The summed E-state index contributed by atoms with van der Waals surface area (Å²) < 4.78 is 7.22. The number of aromatic amines is 1. The van der Waals surface area contributed by atoms with Crippen LogP contribution < -0.4 is 16.0 Å². The third kappa shape index (κ3) is 3.14. The largest absolute Gasteiger partial charge is 0.457 e. The average molecular weight is 347 g/mol. The predicted octanol–water partition coefficient (Wildman–Crippen LogP) is 2.74. The molecule has 0 aliphatic carbocycles. The zero-order valence-electron chi connectivity index (χ0n) is 13.9. The zero-order chi connectivity index (χ0) is 17.9. The minimum Gasteiger partial charge on any atom is -0.457 e. The van der Waals surface area contributed by atoms with Crippen LogP contribution in [0.25, 0.3) is 11.2 Å². The number of rotatable bonds is 5. The third-order valence-electron chi connectivity index (χ3n) is 4.10. The molecule has 0 saturated carbocycles. The summed E-state index contributed by atoms with van der Waals surface area (Å²) >= 11 is 0. The van der Waals surface area contributed by atoms with Gasteiger partial charge in [-0.1, -0.05) is 30.3 Å². The normalized spacial score (nSPS) is 10.9. The summed E-state index contributed by atoms with van der Waals surface area (Å²) in [6.45, 7) is 0.430. The number of aromatic nitrogens is 4. The molecule has 0 saturated heterocycles. The van der Waals surface area contributed by atoms with Gasteiger partial charge in [0.25, 0.3) is 5.56 Å². The van der Waals surface area contributed by atoms with Crippen LogP contribution >= 0.6 is 0 Å². The lowest BCUT2D eigenvalue weighted by molar-refractivity contribution is 0.482. The summed E-state index contributed by atoms with van der Waals surface area (Å²) in [5.41, 5.74) is 7.44. The van der Waals surface area contributed by atoms with Gasteiger partial charge in [-0.2, -0.15) is 4.98 Å². The number of nitrogens with one attached hydrogen (secondary N) is 1. The number of para-hydroxylation sites is 1. The molecule has 4 aromatic rings. The fourth-order valence-corrected chi connectivity index (χ4v) is 2.74. The van der Waals surface area contributed by atoms with Crippen molar-refractivity contribution in [3.05, 3.63) is 76.8 Å². The van der Waals surface area contributed by atoms with E-state index in [1.165, 1.54) is 10.9 Å². The molecule has 7 heteroatoms. The van der Waals surface area contributed by atoms with Gasteiger partial charge >= 0.3 is 0 Å². The van der Waals surface area contributed by atoms with Crippen LogP contribution in [0.1, 0.15) is 5.56 Å². The highest BCUT2D eigenvalue weighted by molar-refractivity contribution is 5.69. The summed E-state index contributed by atoms with van der Waals surface area (Å²) in [7, 11) is 0. The van der Waals surface area contributed by atoms with E-state index in [0.29, 0.717) is 24.1 Å². The number of imidazole rings is 1. The molecule has 2 heterocycles. The van der Waals surface area contributed by atoms with E-state index in [1.54, 1.807) is 0 Å². The molecule has 0 amide bonds. The lowest BCUT2D eigenvalue weighted by atomic mass is 10.1. The molecule has 0 aliphatic rings. The maximum absolute atomic E-state index is 12.4. The van der Waals surface area contributed by atoms with Crippen molar-refractivity contribution in [1.29, 1.82) is 0 Å². The second kappa shape index (κ2) is 6.72. The van der Waals surface area contributed by atoms with E-state index in [9.17, 15) is 4.79 Å². The van der Waals surface area contributed by atoms with Gasteiger partial charge < -0.3 is 15.5 Å². The number of hydrogen-bond acceptors (Lipinski definition) is 5. The number of nitrogens with two attached hydrogens (primary N) is 1. The number of ether oxygens (including phenoxy) is 1. The van der Waals surface area contributed by atoms with E-state index >= 15 is 0 Å². The van der Waals surface area contributed by atoms with E-state index in [2.05, 4.69) is 15.0 Å². The van der Waals surface area contributed by atoms with Crippen molar-refractivity contribution < 1.29 is 4.74 Å². The first-order chi connectivity index (χ1) is 12.7. The first-order valence-electron chi connectivity index (χ1n) is 8.22. The topological polar surface area (TPSA) is 98.8 Å². The highest BCUT2D eigenvalue weighted by Crippen LogP contribution is 2.21. The van der Waals surface area contributed by atoms with Crippen molar-refractivity contribution in [1.82, 2.24) is 19.5 Å². The van der Waals surface area contributed by atoms with Crippen molar-refractivity contribution >= 4 is 17.1 Å². The molecule has 0 radical (unpaired) electrons. The number of hydrogen-bond donors (Lipinski definition) is 2. The summed E-state index contributed by atoms with van der Waals surface area (Å²) in [4.78, 5) is 23.4. The second-order valence-electron chi connectivity index (χ2n) is 5.84. The van der Waals surface area contributed by atoms with Gasteiger partial charge in [0, 0.05) is 6.54 Å². The lowest BCUT2D eigenvalue weighted by Crippen LogP contribution is -2.25. The van der Waals surface area contributed by atoms with Gasteiger partial charge in [0.1, 0.15) is 11.5 Å². The Labute approximate surface area is 149 Å². The van der Waals surface area contributed by atoms with Gasteiger partial charge in [0.2, 0.25) is 5.95 Å². The van der Waals surface area contributed by atoms with Gasteiger partial charge in [-0.05, 0) is 36.2 Å². The minimum atomic E-state index is -0.238. The predicted molar refractivity (Wildman–Crippen MR) is 99.2 cm³/mol. The Kier molecular flexibility index (Phi) is 4.10. The maximum Gasteiger partial charge on any atom is 0.283 e. The molecule has 2 aromatic carbocycles. The fourth-order valence-electron chi connectivity index (χ4n) is 2.74. The number of H-pyrrole nitrogens is 1. The van der Waals surface area contributed by atoms with E-state index in [-0.39, 0.29) is 11.5 Å². The molecular weight excluding hydrogens is 330 g/mol. The zero-order valence-corrected chi connectivity index (χ0v) is 13.9. The average Bonchev–Trinajstić information content (AvgIpc) is 3.12. The van der Waals surface area contributed by atoms with Crippen molar-refractivity contribution in [2.75, 3.05) is 5.73 Å². The van der Waals surface area contributed by atoms with Crippen LogP contribution in [-0.4, -0.2) is 19.5 Å². The standard InChI is InChI=1S/C19H17N5O2/c20-19-23-17-16(21-12-22-17)18(25)24(19)11-10-13-6-8-15(9-7-13)26-14-4-2-1-3-5-14/h1-9,12H,10-11H2,(H2,20,23)(H,21,22). The molecule has 0 fully saturated rings. The van der Waals surface area contributed by atoms with E-state index < -0.39 is 0 Å². The van der Waals surface area contributed by atoms with Crippen molar-refractivity contribution in [3.63, 3.8) is 0 Å². The highest BCUT2D eigenvalue weighted by atomic mass is 16.5. The summed E-state index contributed by atoms with van der Waals surface area (Å²) in [5, 5.41) is 0. The molecule has 0 spiro atoms. The van der Waals surface area contributed by atoms with Gasteiger partial charge in [0.05, 0.1) is 6.33 Å². The Balaban J connectivity index is 1.48. The Hall–Kier alpha value is -3.61. The number of fused-ring (bicyclic) bond motifs is 1. The van der Waals surface area contributed by atoms with Crippen molar-refractivity contribution in [2.24, 2.45) is 0 Å². The molecular formula is C19H17N5O2. The number of nitrogens with zero attached hydrogens (tertiary/aromatic N) is 3. The van der Waals surface area contributed by atoms with Crippen molar-refractivity contribution in [3.8, 4) is 11.5 Å². The maximum atomic E-state index is 12.4. The molecule has 7 nitrogen and oxygen atoms in total. The molecule has 26 heavy (non-hydrogen) atoms. The highest BCUT2D eigenvalue weighted by Gasteiger charge is 2.10. The van der Waals surface area contributed by atoms with Crippen LogP contribution in [0.15, 0.2) is 65.7 Å². The van der Waals surface area contributed by atoms with Crippen LogP contribution in [-0.2, 0) is 13.0 Å². The smallest absolute Gasteiger partial charge is 0.283 e. The summed E-state index contributed by atoms with van der Waals surface area (Å²) in [6, 6.07) is 17.4. The molecule has 3 N–H and O–H groups in total. The molecule has 0 unspecified atom stereocenters. The van der Waals surface area contributed by atoms with E-state index in [4.69, 9.17) is 10.5 Å². The molecule has 130 valence electrons. The van der Waals surface area contributed by atoms with Crippen molar-refractivity contribution in [2.45, 2.75) is 13.0 Å². The SMILES string of the molecule is Nc1nc2[nH]cnc2c(=O)n1CCc1ccc(Oc2ccccc2)cc1. The molecule has 0 atom stereocenters. The van der Waals surface area contributed by atoms with Gasteiger partial charge in [-0.15, -0.1) is 0 Å². The van der Waals surface area contributed by atoms with Crippen LogP contribution in [0.4, 0.5) is 5.95 Å². The molecule has 0 bridgehead atoms. The summed E-state index contributed by atoms with van der Waals surface area (Å²) in [5.74, 6) is 1.73. The van der Waals surface area contributed by atoms with Crippen LogP contribution in [0.2, 0.25) is 0 Å². The Morgan fingerprint density at radius 1 is 1.04 bits per heavy atom. The monoisotopic (exact) mass is 347 g/mol. The number of nitrogen functional groups attached to an aromatic ring is 1. The van der Waals surface area contributed by atoms with Crippen LogP contribution in [0, 0.1) is 0 Å². The van der Waals surface area contributed by atoms with Gasteiger partial charge in [-0.3, -0.25) is 9.36 Å². The quantitative estimate of drug-likeness (QED) is 0.578. The number of benzene rings is 2. The molecule has 4 rings (SSSR count). The van der Waals surface area contributed by atoms with Crippen LogP contribution in [0.5, 0.6) is 11.5 Å². The van der Waals surface area contributed by atoms with E-state index in [0.717, 1.165) is 17.1 Å². The Bertz CT molecular complexity index is 1080. The minimum absolute atomic E-state index is 0.177. The molecule has 2 aromatic heterocycles. The summed E-state index contributed by atoms with van der Waals surface area (Å²) in [6.07, 6.45) is 2.08. The first kappa shape index (κ1) is 15.9. The Morgan fingerprint density at radius 3 is 2.54 bits per heavy atom. The third-order valence-corrected chi connectivity index (χ3v) is 4.10. The second-order valence-corrected chi connectivity index (χ2v) is 5.84. The fraction of sp³-hybridized carbons (Fsp3) is 0.105. The van der Waals surface area contributed by atoms with E-state index in [1.807, 2.05) is 54.6 Å². The lowest BCUT2D eigenvalue weighted by Gasteiger charge is -2.09. The van der Waals surface area contributed by atoms with Gasteiger partial charge in [-0.25, -0.2) is 4.98 Å². The molecule has 0 aliphatic heterocycles. The first-order valence-corrected chi connectivity index (χ1v) is 8.22. The number of aryl methyl sites for hydroxylation is 1. The Morgan fingerprint density at radius 2 is 1.77 bits per heavy atom. The van der Waals surface area contributed by atoms with Crippen LogP contribution in [0.3, 0.4) is 0 Å².